The average molecular weight is 335 g/mol. The minimum Gasteiger partial charge on any atom is -0.494 e. The molecule has 7 heteroatoms. The normalized spacial score (nSPS) is 14.9. The fraction of sp³-hybridized carbons (Fsp3) is 0.222. The minimum atomic E-state index is -0.770. The summed E-state index contributed by atoms with van der Waals surface area (Å²) >= 11 is 0. The van der Waals surface area contributed by atoms with Crippen molar-refractivity contribution >= 4 is 5.91 Å². The predicted octanol–water partition coefficient (Wildman–Crippen LogP) is 1.85. The van der Waals surface area contributed by atoms with E-state index in [-0.39, 0.29) is 5.91 Å². The zero-order valence-electron chi connectivity index (χ0n) is 13.7. The summed E-state index contributed by atoms with van der Waals surface area (Å²) in [5.41, 5.74) is 6.39. The molecule has 1 aliphatic carbocycles. The van der Waals surface area contributed by atoms with Gasteiger partial charge in [0.05, 0.1) is 7.11 Å². The van der Waals surface area contributed by atoms with Gasteiger partial charge in [0.1, 0.15) is 22.7 Å². The number of para-hydroxylation sites is 2. The van der Waals surface area contributed by atoms with Gasteiger partial charge in [-0.3, -0.25) is 9.78 Å². The molecular formula is C18H17N5O2. The lowest BCUT2D eigenvalue weighted by atomic mass is 10.1. The number of carbonyl (C=O) groups excluding carboxylic acids is 1. The Morgan fingerprint density at radius 2 is 2.04 bits per heavy atom. The highest BCUT2D eigenvalue weighted by Crippen LogP contribution is 2.48. The monoisotopic (exact) mass is 335 g/mol. The molecule has 0 unspecified atom stereocenters. The third-order valence-electron chi connectivity index (χ3n) is 4.49. The van der Waals surface area contributed by atoms with Crippen LogP contribution in [0.1, 0.15) is 18.7 Å². The summed E-state index contributed by atoms with van der Waals surface area (Å²) in [6, 6.07) is 11.2. The molecule has 0 bridgehead atoms. The second-order valence-corrected chi connectivity index (χ2v) is 6.03. The number of pyridine rings is 1. The molecule has 1 aromatic carbocycles. The van der Waals surface area contributed by atoms with Crippen molar-refractivity contribution in [2.24, 2.45) is 5.73 Å². The zero-order chi connectivity index (χ0) is 17.4. The maximum absolute atomic E-state index is 12.1. The van der Waals surface area contributed by atoms with Crippen molar-refractivity contribution in [2.75, 3.05) is 7.11 Å². The Balaban J connectivity index is 1.93. The second kappa shape index (κ2) is 5.70. The predicted molar refractivity (Wildman–Crippen MR) is 91.2 cm³/mol. The highest BCUT2D eigenvalue weighted by atomic mass is 16.5. The van der Waals surface area contributed by atoms with Gasteiger partial charge in [-0.15, -0.1) is 5.10 Å². The Hall–Kier alpha value is -3.22. The van der Waals surface area contributed by atoms with Crippen LogP contribution in [-0.4, -0.2) is 32.8 Å². The van der Waals surface area contributed by atoms with E-state index in [1.807, 2.05) is 36.4 Å². The number of primary amides is 1. The number of methoxy groups -OCH3 is 1. The van der Waals surface area contributed by atoms with E-state index < -0.39 is 5.41 Å². The highest BCUT2D eigenvalue weighted by molar-refractivity contribution is 5.89. The van der Waals surface area contributed by atoms with Crippen LogP contribution in [-0.2, 0) is 10.2 Å². The number of carbonyl (C=O) groups is 1. The van der Waals surface area contributed by atoms with Gasteiger partial charge in [0.2, 0.25) is 5.91 Å². The van der Waals surface area contributed by atoms with E-state index >= 15 is 0 Å². The molecule has 0 atom stereocenters. The number of amides is 1. The van der Waals surface area contributed by atoms with Crippen molar-refractivity contribution < 1.29 is 9.53 Å². The van der Waals surface area contributed by atoms with Crippen LogP contribution in [0.4, 0.5) is 0 Å². The van der Waals surface area contributed by atoms with E-state index in [1.165, 1.54) is 0 Å². The molecule has 4 rings (SSSR count). The molecule has 3 aromatic rings. The van der Waals surface area contributed by atoms with Gasteiger partial charge < -0.3 is 10.5 Å². The summed E-state index contributed by atoms with van der Waals surface area (Å²) in [5.74, 6) is 1.31. The lowest BCUT2D eigenvalue weighted by Gasteiger charge is -2.14. The Kier molecular flexibility index (Phi) is 3.49. The first-order chi connectivity index (χ1) is 12.2. The molecule has 25 heavy (non-hydrogen) atoms. The SMILES string of the molecule is COc1ccccc1-n1nc(-c2cccnc2)nc1C1(C(N)=O)CC1. The number of nitrogens with two attached hydrogens (primary N) is 1. The van der Waals surface area contributed by atoms with Crippen LogP contribution in [0, 0.1) is 0 Å². The largest absolute Gasteiger partial charge is 0.494 e. The van der Waals surface area contributed by atoms with E-state index in [1.54, 1.807) is 24.2 Å². The van der Waals surface area contributed by atoms with Gasteiger partial charge in [-0.1, -0.05) is 12.1 Å². The van der Waals surface area contributed by atoms with Crippen molar-refractivity contribution in [3.63, 3.8) is 0 Å². The summed E-state index contributed by atoms with van der Waals surface area (Å²) in [5, 5.41) is 4.63. The molecule has 0 radical (unpaired) electrons. The van der Waals surface area contributed by atoms with Crippen LogP contribution in [0.3, 0.4) is 0 Å². The van der Waals surface area contributed by atoms with Gasteiger partial charge in [-0.2, -0.15) is 0 Å². The first-order valence-electron chi connectivity index (χ1n) is 7.97. The Bertz CT molecular complexity index is 932. The average Bonchev–Trinajstić information content (AvgIpc) is 3.35. The molecule has 7 nitrogen and oxygen atoms in total. The summed E-state index contributed by atoms with van der Waals surface area (Å²) in [6.07, 6.45) is 4.72. The minimum absolute atomic E-state index is 0.381. The third kappa shape index (κ3) is 2.44. The number of hydrogen-bond acceptors (Lipinski definition) is 5. The summed E-state index contributed by atoms with van der Waals surface area (Å²) in [6.45, 7) is 0. The van der Waals surface area contributed by atoms with E-state index in [4.69, 9.17) is 10.5 Å². The van der Waals surface area contributed by atoms with Gasteiger partial charge in [-0.25, -0.2) is 9.67 Å². The van der Waals surface area contributed by atoms with Gasteiger partial charge in [0.25, 0.3) is 0 Å². The second-order valence-electron chi connectivity index (χ2n) is 6.03. The highest BCUT2D eigenvalue weighted by Gasteiger charge is 2.54. The molecule has 2 aromatic heterocycles. The summed E-state index contributed by atoms with van der Waals surface area (Å²) < 4.78 is 7.11. The maximum Gasteiger partial charge on any atom is 0.231 e. The van der Waals surface area contributed by atoms with Gasteiger partial charge >= 0.3 is 0 Å². The van der Waals surface area contributed by atoms with E-state index in [0.29, 0.717) is 30.2 Å². The molecule has 2 N–H and O–H groups in total. The maximum atomic E-state index is 12.1. The molecule has 1 amide bonds. The van der Waals surface area contributed by atoms with E-state index in [2.05, 4.69) is 15.1 Å². The lowest BCUT2D eigenvalue weighted by molar-refractivity contribution is -0.120. The van der Waals surface area contributed by atoms with Gasteiger partial charge in [0, 0.05) is 18.0 Å². The number of nitrogens with zero attached hydrogens (tertiary/aromatic N) is 4. The Morgan fingerprint density at radius 1 is 1.24 bits per heavy atom. The Labute approximate surface area is 144 Å². The number of benzene rings is 1. The van der Waals surface area contributed by atoms with Crippen LogP contribution >= 0.6 is 0 Å². The molecule has 0 aliphatic heterocycles. The van der Waals surface area contributed by atoms with Crippen molar-refractivity contribution in [3.05, 3.63) is 54.6 Å². The lowest BCUT2D eigenvalue weighted by Crippen LogP contribution is -2.31. The van der Waals surface area contributed by atoms with Crippen molar-refractivity contribution in [1.29, 1.82) is 0 Å². The summed E-state index contributed by atoms with van der Waals surface area (Å²) in [4.78, 5) is 20.8. The fourth-order valence-electron chi connectivity index (χ4n) is 2.92. The zero-order valence-corrected chi connectivity index (χ0v) is 13.7. The van der Waals surface area contributed by atoms with E-state index in [0.717, 1.165) is 11.3 Å². The van der Waals surface area contributed by atoms with Gasteiger partial charge in [-0.05, 0) is 37.1 Å². The molecule has 2 heterocycles. The van der Waals surface area contributed by atoms with Crippen LogP contribution in [0.5, 0.6) is 5.75 Å². The van der Waals surface area contributed by atoms with E-state index in [9.17, 15) is 4.79 Å². The number of rotatable bonds is 5. The van der Waals surface area contributed by atoms with Crippen molar-refractivity contribution in [2.45, 2.75) is 18.3 Å². The molecule has 1 aliphatic rings. The smallest absolute Gasteiger partial charge is 0.231 e. The van der Waals surface area contributed by atoms with Crippen molar-refractivity contribution in [1.82, 2.24) is 19.7 Å². The molecular weight excluding hydrogens is 318 g/mol. The number of ether oxygens (including phenoxy) is 1. The van der Waals surface area contributed by atoms with Crippen LogP contribution in [0.25, 0.3) is 17.1 Å². The van der Waals surface area contributed by atoms with Crippen molar-refractivity contribution in [3.8, 4) is 22.8 Å². The molecule has 0 saturated heterocycles. The molecule has 0 spiro atoms. The van der Waals surface area contributed by atoms with Crippen LogP contribution in [0.15, 0.2) is 48.8 Å². The van der Waals surface area contributed by atoms with Crippen LogP contribution < -0.4 is 10.5 Å². The quantitative estimate of drug-likeness (QED) is 0.768. The fourth-order valence-corrected chi connectivity index (χ4v) is 2.92. The third-order valence-corrected chi connectivity index (χ3v) is 4.49. The molecule has 126 valence electrons. The molecule has 1 fully saturated rings. The molecule has 1 saturated carbocycles. The topological polar surface area (TPSA) is 95.9 Å². The Morgan fingerprint density at radius 3 is 2.68 bits per heavy atom. The first-order valence-corrected chi connectivity index (χ1v) is 7.97. The van der Waals surface area contributed by atoms with Gasteiger partial charge in [0.15, 0.2) is 5.82 Å². The standard InChI is InChI=1S/C18H17N5O2/c1-25-14-7-3-2-6-13(14)23-17(18(8-9-18)16(19)24)21-15(22-23)12-5-4-10-20-11-12/h2-7,10-11H,8-9H2,1H3,(H2,19,24). The first kappa shape index (κ1) is 15.3. The number of aromatic nitrogens is 4. The summed E-state index contributed by atoms with van der Waals surface area (Å²) in [7, 11) is 1.60. The number of hydrogen-bond donors (Lipinski definition) is 1. The van der Waals surface area contributed by atoms with Crippen LogP contribution in [0.2, 0.25) is 0 Å².